The molecule has 6 N–H and O–H groups in total. The molecule has 0 bridgehead atoms. The van der Waals surface area contributed by atoms with Gasteiger partial charge in [0.2, 0.25) is 5.91 Å². The topological polar surface area (TPSA) is 149 Å². The van der Waals surface area contributed by atoms with Crippen molar-refractivity contribution in [2.45, 2.75) is 307 Å². The normalized spacial score (nSPS) is 20.0. The SMILES string of the molecule is CCCCCCCCCC/C=C/CC/C=C/C(O)C(COC1OC(CO)C(O)C(O)C1O)NC(=O)CCCCCCCCCCCCCCC/C=C\CCCCCCCCCCCCCC. The van der Waals surface area contributed by atoms with Gasteiger partial charge in [-0.3, -0.25) is 4.79 Å². The number of nitrogens with one attached hydrogen (secondary N) is 1. The number of carbonyl (C=O) groups is 1. The summed E-state index contributed by atoms with van der Waals surface area (Å²) in [4.78, 5) is 13.0. The molecule has 0 saturated carbocycles. The van der Waals surface area contributed by atoms with E-state index in [0.29, 0.717) is 6.42 Å². The molecule has 1 aliphatic rings. The van der Waals surface area contributed by atoms with Gasteiger partial charge in [0.25, 0.3) is 0 Å². The summed E-state index contributed by atoms with van der Waals surface area (Å²) < 4.78 is 11.2. The predicted octanol–water partition coefficient (Wildman–Crippen LogP) is 13.6. The van der Waals surface area contributed by atoms with Crippen LogP contribution in [0.2, 0.25) is 0 Å². The first-order valence-corrected chi connectivity index (χ1v) is 28.2. The lowest BCUT2D eigenvalue weighted by Crippen LogP contribution is -2.60. The molecule has 0 aromatic heterocycles. The predicted molar refractivity (Wildman–Crippen MR) is 276 cm³/mol. The van der Waals surface area contributed by atoms with E-state index in [1.807, 2.05) is 6.08 Å². The standard InChI is InChI=1S/C57H107NO8/c1-3-5-7-9-11-13-15-17-19-20-21-22-23-24-25-26-27-28-29-30-31-32-33-35-37-39-41-43-45-47-53(61)58-50(49-65-57-56(64)55(63)54(62)52(48-59)66-57)51(60)46-44-42-40-38-36-34-18-16-14-12-10-8-6-4-2/h24-25,36,38,44,46,50-52,54-57,59-60,62-64H,3-23,26-35,37,39-43,45,47-49H2,1-2H3,(H,58,61)/b25-24-,38-36+,46-44+. The summed E-state index contributed by atoms with van der Waals surface area (Å²) in [6.45, 7) is 3.77. The van der Waals surface area contributed by atoms with Gasteiger partial charge in [-0.2, -0.15) is 0 Å². The lowest BCUT2D eigenvalue weighted by atomic mass is 9.99. The van der Waals surface area contributed by atoms with E-state index in [1.165, 1.54) is 205 Å². The number of unbranched alkanes of at least 4 members (excludes halogenated alkanes) is 34. The highest BCUT2D eigenvalue weighted by Gasteiger charge is 2.44. The Morgan fingerprint density at radius 1 is 0.500 bits per heavy atom. The van der Waals surface area contributed by atoms with Crippen molar-refractivity contribution < 1.29 is 39.8 Å². The van der Waals surface area contributed by atoms with Crippen LogP contribution >= 0.6 is 0 Å². The molecule has 388 valence electrons. The first-order valence-electron chi connectivity index (χ1n) is 28.2. The second-order valence-corrected chi connectivity index (χ2v) is 19.7. The zero-order chi connectivity index (χ0) is 48.0. The maximum Gasteiger partial charge on any atom is 0.220 e. The second-order valence-electron chi connectivity index (χ2n) is 19.7. The Bertz CT molecular complexity index is 1130. The highest BCUT2D eigenvalue weighted by Crippen LogP contribution is 2.23. The van der Waals surface area contributed by atoms with E-state index in [0.717, 1.165) is 38.5 Å². The van der Waals surface area contributed by atoms with Gasteiger partial charge in [-0.15, -0.1) is 0 Å². The van der Waals surface area contributed by atoms with Crippen LogP contribution in [0.25, 0.3) is 0 Å². The molecule has 9 nitrogen and oxygen atoms in total. The number of ether oxygens (including phenoxy) is 2. The van der Waals surface area contributed by atoms with Crippen LogP contribution in [0.5, 0.6) is 0 Å². The Labute approximate surface area is 406 Å². The summed E-state index contributed by atoms with van der Waals surface area (Å²) in [5, 5.41) is 54.3. The monoisotopic (exact) mass is 934 g/mol. The molecule has 0 aliphatic carbocycles. The third-order valence-corrected chi connectivity index (χ3v) is 13.4. The fraction of sp³-hybridized carbons (Fsp3) is 0.877. The van der Waals surface area contributed by atoms with Crippen LogP contribution in [0.3, 0.4) is 0 Å². The Hall–Kier alpha value is -1.59. The summed E-state index contributed by atoms with van der Waals surface area (Å²) >= 11 is 0. The van der Waals surface area contributed by atoms with Crippen molar-refractivity contribution in [2.24, 2.45) is 0 Å². The van der Waals surface area contributed by atoms with Gasteiger partial charge in [0.05, 0.1) is 25.4 Å². The van der Waals surface area contributed by atoms with Crippen LogP contribution in [0.4, 0.5) is 0 Å². The Morgan fingerprint density at radius 2 is 0.864 bits per heavy atom. The maximum atomic E-state index is 13.0. The van der Waals surface area contributed by atoms with Gasteiger partial charge in [0, 0.05) is 6.42 Å². The quantitative estimate of drug-likeness (QED) is 0.0261. The molecule has 1 rings (SSSR count). The molecule has 1 heterocycles. The van der Waals surface area contributed by atoms with Crippen molar-refractivity contribution in [1.29, 1.82) is 0 Å². The molecule has 0 aromatic rings. The maximum absolute atomic E-state index is 13.0. The minimum atomic E-state index is -1.57. The van der Waals surface area contributed by atoms with Gasteiger partial charge >= 0.3 is 0 Å². The van der Waals surface area contributed by atoms with Crippen molar-refractivity contribution in [3.8, 4) is 0 Å². The van der Waals surface area contributed by atoms with E-state index in [2.05, 4.69) is 43.5 Å². The zero-order valence-corrected chi connectivity index (χ0v) is 43.0. The van der Waals surface area contributed by atoms with Gasteiger partial charge in [-0.05, 0) is 57.8 Å². The summed E-state index contributed by atoms with van der Waals surface area (Å²) in [6, 6.07) is -0.820. The van der Waals surface area contributed by atoms with Crippen LogP contribution in [0.1, 0.15) is 264 Å². The second kappa shape index (κ2) is 47.1. The Morgan fingerprint density at radius 3 is 1.27 bits per heavy atom. The van der Waals surface area contributed by atoms with Crippen molar-refractivity contribution in [3.63, 3.8) is 0 Å². The third kappa shape index (κ3) is 36.4. The van der Waals surface area contributed by atoms with Crippen molar-refractivity contribution in [3.05, 3.63) is 36.5 Å². The number of rotatable bonds is 48. The average Bonchev–Trinajstić information content (AvgIpc) is 3.32. The molecule has 1 aliphatic heterocycles. The molecule has 7 atom stereocenters. The lowest BCUT2D eigenvalue weighted by molar-refractivity contribution is -0.302. The molecule has 66 heavy (non-hydrogen) atoms. The number of carbonyl (C=O) groups excluding carboxylic acids is 1. The molecule has 1 fully saturated rings. The fourth-order valence-corrected chi connectivity index (χ4v) is 8.93. The van der Waals surface area contributed by atoms with Gasteiger partial charge in [-0.25, -0.2) is 0 Å². The van der Waals surface area contributed by atoms with E-state index < -0.39 is 49.5 Å². The molecule has 0 radical (unpaired) electrons. The molecular weight excluding hydrogens is 827 g/mol. The number of allylic oxidation sites excluding steroid dienone is 5. The molecule has 0 aromatic carbocycles. The van der Waals surface area contributed by atoms with Gasteiger partial charge in [0.15, 0.2) is 6.29 Å². The zero-order valence-electron chi connectivity index (χ0n) is 43.0. The molecule has 1 amide bonds. The van der Waals surface area contributed by atoms with Crippen LogP contribution in [-0.4, -0.2) is 87.5 Å². The van der Waals surface area contributed by atoms with E-state index >= 15 is 0 Å². The smallest absolute Gasteiger partial charge is 0.220 e. The van der Waals surface area contributed by atoms with Crippen LogP contribution in [-0.2, 0) is 14.3 Å². The minimum Gasteiger partial charge on any atom is -0.394 e. The fourth-order valence-electron chi connectivity index (χ4n) is 8.93. The molecule has 9 heteroatoms. The number of aliphatic hydroxyl groups is 5. The Kier molecular flexibility index (Phi) is 44.6. The summed E-state index contributed by atoms with van der Waals surface area (Å²) in [6.07, 6.45) is 53.6. The van der Waals surface area contributed by atoms with Gasteiger partial charge in [-0.1, -0.05) is 237 Å². The van der Waals surface area contributed by atoms with Crippen molar-refractivity contribution in [2.75, 3.05) is 13.2 Å². The molecule has 1 saturated heterocycles. The average molecular weight is 934 g/mol. The van der Waals surface area contributed by atoms with Crippen molar-refractivity contribution in [1.82, 2.24) is 5.32 Å². The van der Waals surface area contributed by atoms with Crippen LogP contribution in [0.15, 0.2) is 36.5 Å². The highest BCUT2D eigenvalue weighted by molar-refractivity contribution is 5.76. The number of amides is 1. The number of hydrogen-bond donors (Lipinski definition) is 6. The number of aliphatic hydroxyl groups excluding tert-OH is 5. The van der Waals surface area contributed by atoms with E-state index in [1.54, 1.807) is 6.08 Å². The van der Waals surface area contributed by atoms with E-state index in [9.17, 15) is 30.3 Å². The number of hydrogen-bond acceptors (Lipinski definition) is 8. The lowest BCUT2D eigenvalue weighted by Gasteiger charge is -2.40. The summed E-state index contributed by atoms with van der Waals surface area (Å²) in [5.74, 6) is -0.185. The summed E-state index contributed by atoms with van der Waals surface area (Å²) in [7, 11) is 0. The van der Waals surface area contributed by atoms with E-state index in [-0.39, 0.29) is 12.5 Å². The highest BCUT2D eigenvalue weighted by atomic mass is 16.7. The molecule has 7 unspecified atom stereocenters. The third-order valence-electron chi connectivity index (χ3n) is 13.4. The van der Waals surface area contributed by atoms with Crippen molar-refractivity contribution >= 4 is 5.91 Å². The summed E-state index contributed by atoms with van der Waals surface area (Å²) in [5.41, 5.74) is 0. The molecule has 0 spiro atoms. The van der Waals surface area contributed by atoms with Gasteiger partial charge in [0.1, 0.15) is 24.4 Å². The Balaban J connectivity index is 2.18. The molecular formula is C57H107NO8. The largest absolute Gasteiger partial charge is 0.394 e. The first kappa shape index (κ1) is 62.4. The first-order chi connectivity index (χ1) is 32.3. The van der Waals surface area contributed by atoms with E-state index in [4.69, 9.17) is 9.47 Å². The minimum absolute atomic E-state index is 0.185. The van der Waals surface area contributed by atoms with Gasteiger partial charge < -0.3 is 40.3 Å². The van der Waals surface area contributed by atoms with Crippen LogP contribution < -0.4 is 5.32 Å². The van der Waals surface area contributed by atoms with Crippen LogP contribution in [0, 0.1) is 0 Å².